The van der Waals surface area contributed by atoms with Crippen LogP contribution in [0.4, 0.5) is 0 Å². The van der Waals surface area contributed by atoms with E-state index >= 15 is 0 Å². The van der Waals surface area contributed by atoms with E-state index in [4.69, 9.17) is 28.4 Å². The van der Waals surface area contributed by atoms with Crippen molar-refractivity contribution in [3.05, 3.63) is 12.2 Å². The van der Waals surface area contributed by atoms with Crippen LogP contribution in [0.5, 0.6) is 0 Å². The van der Waals surface area contributed by atoms with Crippen LogP contribution in [0.25, 0.3) is 0 Å². The lowest BCUT2D eigenvalue weighted by Crippen LogP contribution is -2.65. The van der Waals surface area contributed by atoms with E-state index < -0.39 is 129 Å². The second kappa shape index (κ2) is 15.6. The third-order valence-corrected chi connectivity index (χ3v) is 15.0. The first-order valence-corrected chi connectivity index (χ1v) is 19.9. The Balaban J connectivity index is 1.10. The molecule has 3 aliphatic heterocycles. The summed E-state index contributed by atoms with van der Waals surface area (Å²) in [6.45, 7) is 6.52. The minimum absolute atomic E-state index is 0.121. The Morgan fingerprint density at radius 3 is 1.82 bits per heavy atom. The zero-order chi connectivity index (χ0) is 40.7. The topological polar surface area (TPSA) is 295 Å². The molecule has 18 nitrogen and oxygen atoms in total. The fourth-order valence-corrected chi connectivity index (χ4v) is 12.0. The maximum Gasteiger partial charge on any atom is 0.314 e. The number of carbonyl (C=O) groups excluding carboxylic acids is 1. The Morgan fingerprint density at radius 2 is 1.21 bits per heavy atom. The summed E-state index contributed by atoms with van der Waals surface area (Å²) in [7, 11) is 0. The summed E-state index contributed by atoms with van der Waals surface area (Å²) in [5, 5.41) is 114. The molecule has 320 valence electrons. The van der Waals surface area contributed by atoms with Gasteiger partial charge in [0, 0.05) is 0 Å². The van der Waals surface area contributed by atoms with Crippen molar-refractivity contribution in [2.24, 2.45) is 28.1 Å². The van der Waals surface area contributed by atoms with Crippen molar-refractivity contribution >= 4 is 5.97 Å². The lowest BCUT2D eigenvalue weighted by Gasteiger charge is -2.64. The Morgan fingerprint density at radius 1 is 0.679 bits per heavy atom. The minimum atomic E-state index is -1.81. The number of rotatable bonds is 9. The number of fused-ring (bicyclic) bond motifs is 3. The molecule has 7 fully saturated rings. The number of carbonyl (C=O) groups is 1. The molecular formula is C38H60O18. The second-order valence-electron chi connectivity index (χ2n) is 18.0. The molecule has 1 spiro atoms. The van der Waals surface area contributed by atoms with Gasteiger partial charge in [0.05, 0.1) is 30.8 Å². The normalized spacial score (nSPS) is 54.6. The largest absolute Gasteiger partial charge is 0.432 e. The SMILES string of the molecule is C=C1C[C@@]23CC[C@H]4[C@](C)(CCC[C@@]4(C)C(=O)O[C@@H]4O[C@H](CO)[C@H](O)[C@H](O)[C@@H]4O)[C@@H]2CC[C@@]1(O[C@@H]1O[C@H](CO)[C@H](O)[C@H](O)[C@@H]1O[C@@H]1O[C@H](CO)[C@H](O)[C@@H](O)[C@H]1O)C3. The van der Waals surface area contributed by atoms with Gasteiger partial charge < -0.3 is 84.6 Å². The second-order valence-corrected chi connectivity index (χ2v) is 18.0. The molecule has 0 aromatic carbocycles. The van der Waals surface area contributed by atoms with E-state index in [0.717, 1.165) is 18.4 Å². The van der Waals surface area contributed by atoms with Gasteiger partial charge in [-0.2, -0.15) is 0 Å². The monoisotopic (exact) mass is 804 g/mol. The molecule has 11 N–H and O–H groups in total. The molecule has 0 aromatic heterocycles. The number of hydrogen-bond donors (Lipinski definition) is 11. The van der Waals surface area contributed by atoms with E-state index in [-0.39, 0.29) is 22.7 Å². The zero-order valence-corrected chi connectivity index (χ0v) is 31.8. The molecule has 4 saturated carbocycles. The van der Waals surface area contributed by atoms with Gasteiger partial charge in [-0.25, -0.2) is 0 Å². The Bertz CT molecular complexity index is 1450. The van der Waals surface area contributed by atoms with Crippen molar-refractivity contribution in [2.45, 2.75) is 169 Å². The van der Waals surface area contributed by atoms with E-state index in [0.29, 0.717) is 44.9 Å². The van der Waals surface area contributed by atoms with Gasteiger partial charge in [0.15, 0.2) is 12.6 Å². The molecule has 3 saturated heterocycles. The molecule has 56 heavy (non-hydrogen) atoms. The van der Waals surface area contributed by atoms with Crippen LogP contribution in [0.15, 0.2) is 12.2 Å². The maximum absolute atomic E-state index is 14.1. The highest BCUT2D eigenvalue weighted by Crippen LogP contribution is 2.73. The summed E-state index contributed by atoms with van der Waals surface area (Å²) >= 11 is 0. The molecule has 7 rings (SSSR count). The van der Waals surface area contributed by atoms with Gasteiger partial charge in [-0.05, 0) is 86.5 Å². The van der Waals surface area contributed by atoms with Crippen LogP contribution in [0.3, 0.4) is 0 Å². The fraction of sp³-hybridized carbons (Fsp3) is 0.921. The van der Waals surface area contributed by atoms with Crippen molar-refractivity contribution in [3.8, 4) is 0 Å². The summed E-state index contributed by atoms with van der Waals surface area (Å²) in [4.78, 5) is 14.1. The van der Waals surface area contributed by atoms with Gasteiger partial charge >= 0.3 is 5.97 Å². The molecule has 7 aliphatic rings. The van der Waals surface area contributed by atoms with Crippen LogP contribution < -0.4 is 0 Å². The highest BCUT2D eigenvalue weighted by molar-refractivity contribution is 5.77. The standard InChI is InChI=1S/C38H60O18/c1-16-11-37-9-5-20-35(2,7-4-8-36(20,3)34(50)55-32-29(49)26(46)23(43)18(13-40)52-32)21(37)6-10-38(16,15-37)56-33-30(27(47)24(44)19(14-41)53-33)54-31-28(48)25(45)22(42)17(12-39)51-31/h17-33,39-49H,1,4-15H2,2-3H3/t17-,18-,19-,20+,21+,22+,23+,24+,25-,26+,27+,28-,29+,30+,31+,32+,33+,35+,36-,37-,38-/m1/s1. The van der Waals surface area contributed by atoms with E-state index in [9.17, 15) is 61.0 Å². The Kier molecular flexibility index (Phi) is 11.9. The van der Waals surface area contributed by atoms with Gasteiger partial charge in [0.25, 0.3) is 0 Å². The predicted octanol–water partition coefficient (Wildman–Crippen LogP) is -2.94. The number of hydrogen-bond acceptors (Lipinski definition) is 18. The summed E-state index contributed by atoms with van der Waals surface area (Å²) < 4.78 is 35.6. The molecule has 4 aliphatic carbocycles. The smallest absolute Gasteiger partial charge is 0.314 e. The first-order chi connectivity index (χ1) is 26.4. The van der Waals surface area contributed by atoms with Crippen molar-refractivity contribution < 1.29 is 89.4 Å². The van der Waals surface area contributed by atoms with Crippen LogP contribution in [-0.4, -0.2) is 180 Å². The number of aliphatic hydroxyl groups is 11. The summed E-state index contributed by atoms with van der Waals surface area (Å²) in [6, 6.07) is 0. The average Bonchev–Trinajstić information content (AvgIpc) is 3.37. The van der Waals surface area contributed by atoms with Gasteiger partial charge in [-0.1, -0.05) is 19.9 Å². The highest BCUT2D eigenvalue weighted by atomic mass is 16.8. The molecule has 21 atom stereocenters. The summed E-state index contributed by atoms with van der Waals surface area (Å²) in [5.41, 5.74) is -1.80. The molecule has 0 aromatic rings. The Labute approximate surface area is 324 Å². The minimum Gasteiger partial charge on any atom is -0.432 e. The van der Waals surface area contributed by atoms with Crippen LogP contribution >= 0.6 is 0 Å². The Hall–Kier alpha value is -1.43. The molecule has 0 amide bonds. The van der Waals surface area contributed by atoms with Crippen LogP contribution in [-0.2, 0) is 33.2 Å². The maximum atomic E-state index is 14.1. The van der Waals surface area contributed by atoms with Crippen LogP contribution in [0, 0.1) is 28.1 Å². The van der Waals surface area contributed by atoms with Gasteiger partial charge in [0.1, 0.15) is 73.2 Å². The van der Waals surface area contributed by atoms with Crippen LogP contribution in [0.2, 0.25) is 0 Å². The number of aliphatic hydroxyl groups excluding tert-OH is 11. The third kappa shape index (κ3) is 6.69. The lowest BCUT2D eigenvalue weighted by atomic mass is 9.41. The third-order valence-electron chi connectivity index (χ3n) is 15.0. The van der Waals surface area contributed by atoms with E-state index in [1.807, 2.05) is 6.92 Å². The van der Waals surface area contributed by atoms with E-state index in [1.54, 1.807) is 0 Å². The summed E-state index contributed by atoms with van der Waals surface area (Å²) in [5.74, 6) is -0.591. The van der Waals surface area contributed by atoms with Crippen molar-refractivity contribution in [3.63, 3.8) is 0 Å². The van der Waals surface area contributed by atoms with Crippen molar-refractivity contribution in [1.82, 2.24) is 0 Å². The highest BCUT2D eigenvalue weighted by Gasteiger charge is 2.69. The van der Waals surface area contributed by atoms with Crippen LogP contribution in [0.1, 0.15) is 71.6 Å². The zero-order valence-electron chi connectivity index (χ0n) is 31.8. The lowest BCUT2D eigenvalue weighted by molar-refractivity contribution is -0.378. The molecule has 0 radical (unpaired) electrons. The van der Waals surface area contributed by atoms with E-state index in [2.05, 4.69) is 13.5 Å². The number of ether oxygens (including phenoxy) is 6. The molecule has 2 bridgehead atoms. The van der Waals surface area contributed by atoms with E-state index in [1.165, 1.54) is 0 Å². The average molecular weight is 805 g/mol. The van der Waals surface area contributed by atoms with Gasteiger partial charge in [0.2, 0.25) is 6.29 Å². The number of esters is 1. The van der Waals surface area contributed by atoms with Crippen molar-refractivity contribution in [1.29, 1.82) is 0 Å². The molecular weight excluding hydrogens is 744 g/mol. The van der Waals surface area contributed by atoms with Gasteiger partial charge in [-0.3, -0.25) is 4.79 Å². The first kappa shape index (κ1) is 42.7. The molecule has 0 unspecified atom stereocenters. The first-order valence-electron chi connectivity index (χ1n) is 19.9. The molecule has 3 heterocycles. The summed E-state index contributed by atoms with van der Waals surface area (Å²) in [6.07, 6.45) is -17.8. The van der Waals surface area contributed by atoms with Crippen molar-refractivity contribution in [2.75, 3.05) is 19.8 Å². The molecule has 18 heteroatoms. The predicted molar refractivity (Wildman–Crippen MR) is 186 cm³/mol. The fourth-order valence-electron chi connectivity index (χ4n) is 12.0. The quantitative estimate of drug-likeness (QED) is 0.0631. The van der Waals surface area contributed by atoms with Gasteiger partial charge in [-0.15, -0.1) is 0 Å².